The number of halogens is 1. The third-order valence-corrected chi connectivity index (χ3v) is 3.20. The molecule has 1 atom stereocenters. The Morgan fingerprint density at radius 3 is 2.80 bits per heavy atom. The average molecular weight is 290 g/mol. The molecule has 0 spiro atoms. The summed E-state index contributed by atoms with van der Waals surface area (Å²) in [5, 5.41) is 16.9. The summed E-state index contributed by atoms with van der Waals surface area (Å²) in [5.74, 6) is 0.639. The minimum atomic E-state index is 0.133. The highest BCUT2D eigenvalue weighted by Crippen LogP contribution is 2.16. The van der Waals surface area contributed by atoms with Crippen LogP contribution in [0.15, 0.2) is 18.2 Å². The number of aryl methyl sites for hydroxylation is 2. The van der Waals surface area contributed by atoms with Crippen molar-refractivity contribution in [1.29, 1.82) is 5.26 Å². The molecule has 6 heteroatoms. The summed E-state index contributed by atoms with van der Waals surface area (Å²) in [6.07, 6.45) is 0. The molecule has 0 aliphatic carbocycles. The number of pyridine rings is 1. The standard InChI is InChI=1S/C14H16ClN5/c1-9-6-11(3)20(19-9)8-10(2)17-14-5-4-12(15)13(7-16)18-14/h4-6,10H,8H2,1-3H3,(H,17,18). The van der Waals surface area contributed by atoms with Crippen molar-refractivity contribution in [3.63, 3.8) is 0 Å². The summed E-state index contributed by atoms with van der Waals surface area (Å²) in [6.45, 7) is 6.77. The van der Waals surface area contributed by atoms with E-state index < -0.39 is 0 Å². The van der Waals surface area contributed by atoms with Gasteiger partial charge in [-0.05, 0) is 39.0 Å². The molecule has 20 heavy (non-hydrogen) atoms. The van der Waals surface area contributed by atoms with Gasteiger partial charge in [0.05, 0.1) is 17.3 Å². The lowest BCUT2D eigenvalue weighted by Gasteiger charge is -2.15. The van der Waals surface area contributed by atoms with Gasteiger partial charge < -0.3 is 5.32 Å². The van der Waals surface area contributed by atoms with Gasteiger partial charge in [0, 0.05) is 11.7 Å². The fourth-order valence-electron chi connectivity index (χ4n) is 2.02. The van der Waals surface area contributed by atoms with Gasteiger partial charge in [-0.15, -0.1) is 0 Å². The van der Waals surface area contributed by atoms with E-state index in [1.165, 1.54) is 0 Å². The van der Waals surface area contributed by atoms with E-state index in [1.807, 2.05) is 37.6 Å². The Kier molecular flexibility index (Phi) is 4.26. The lowest BCUT2D eigenvalue weighted by molar-refractivity contribution is 0.544. The molecular formula is C14H16ClN5. The maximum Gasteiger partial charge on any atom is 0.161 e. The molecule has 2 aromatic heterocycles. The van der Waals surface area contributed by atoms with E-state index in [2.05, 4.69) is 15.4 Å². The highest BCUT2D eigenvalue weighted by molar-refractivity contribution is 6.31. The molecule has 0 aromatic carbocycles. The molecule has 0 bridgehead atoms. The van der Waals surface area contributed by atoms with E-state index in [0.29, 0.717) is 10.8 Å². The van der Waals surface area contributed by atoms with Gasteiger partial charge in [0.15, 0.2) is 5.69 Å². The molecule has 104 valence electrons. The molecule has 0 amide bonds. The van der Waals surface area contributed by atoms with Gasteiger partial charge in [-0.3, -0.25) is 4.68 Å². The van der Waals surface area contributed by atoms with Gasteiger partial charge >= 0.3 is 0 Å². The maximum absolute atomic E-state index is 8.91. The van der Waals surface area contributed by atoms with Crippen molar-refractivity contribution in [3.8, 4) is 6.07 Å². The fourth-order valence-corrected chi connectivity index (χ4v) is 2.17. The zero-order valence-corrected chi connectivity index (χ0v) is 12.4. The second kappa shape index (κ2) is 5.93. The summed E-state index contributed by atoms with van der Waals surface area (Å²) >= 11 is 5.86. The van der Waals surface area contributed by atoms with Crippen LogP contribution in [0, 0.1) is 25.2 Å². The summed E-state index contributed by atoms with van der Waals surface area (Å²) in [6, 6.07) is 7.58. The van der Waals surface area contributed by atoms with Crippen molar-refractivity contribution < 1.29 is 0 Å². The highest BCUT2D eigenvalue weighted by atomic mass is 35.5. The minimum absolute atomic E-state index is 0.133. The number of aromatic nitrogens is 3. The van der Waals surface area contributed by atoms with Gasteiger partial charge in [0.25, 0.3) is 0 Å². The number of anilines is 1. The number of nitriles is 1. The molecule has 1 N–H and O–H groups in total. The lowest BCUT2D eigenvalue weighted by Crippen LogP contribution is -2.24. The predicted molar refractivity (Wildman–Crippen MR) is 78.7 cm³/mol. The van der Waals surface area contributed by atoms with Crippen molar-refractivity contribution in [2.45, 2.75) is 33.4 Å². The third-order valence-electron chi connectivity index (χ3n) is 2.90. The van der Waals surface area contributed by atoms with Crippen molar-refractivity contribution in [2.24, 2.45) is 0 Å². The first-order valence-corrected chi connectivity index (χ1v) is 6.71. The molecule has 0 fully saturated rings. The van der Waals surface area contributed by atoms with Gasteiger partial charge in [-0.2, -0.15) is 10.4 Å². The van der Waals surface area contributed by atoms with Crippen LogP contribution in [-0.4, -0.2) is 20.8 Å². The van der Waals surface area contributed by atoms with Crippen LogP contribution in [0.2, 0.25) is 5.02 Å². The zero-order valence-electron chi connectivity index (χ0n) is 11.7. The molecule has 0 aliphatic rings. The Bertz CT molecular complexity index is 656. The topological polar surface area (TPSA) is 66.5 Å². The first kappa shape index (κ1) is 14.4. The Hall–Kier alpha value is -2.06. The Morgan fingerprint density at radius 2 is 2.20 bits per heavy atom. The smallest absolute Gasteiger partial charge is 0.161 e. The molecule has 0 saturated heterocycles. The van der Waals surface area contributed by atoms with Crippen LogP contribution in [0.25, 0.3) is 0 Å². The van der Waals surface area contributed by atoms with E-state index >= 15 is 0 Å². The molecule has 0 radical (unpaired) electrons. The third kappa shape index (κ3) is 3.28. The lowest BCUT2D eigenvalue weighted by atomic mass is 10.3. The second-order valence-electron chi connectivity index (χ2n) is 4.79. The number of nitrogens with one attached hydrogen (secondary N) is 1. The zero-order chi connectivity index (χ0) is 14.7. The van der Waals surface area contributed by atoms with Crippen molar-refractivity contribution in [2.75, 3.05) is 5.32 Å². The van der Waals surface area contributed by atoms with E-state index in [9.17, 15) is 0 Å². The van der Waals surface area contributed by atoms with Crippen molar-refractivity contribution in [1.82, 2.24) is 14.8 Å². The number of rotatable bonds is 4. The largest absolute Gasteiger partial charge is 0.366 e. The molecule has 1 unspecified atom stereocenters. The van der Waals surface area contributed by atoms with Crippen LogP contribution in [-0.2, 0) is 6.54 Å². The Balaban J connectivity index is 2.07. The Labute approximate surface area is 123 Å². The van der Waals surface area contributed by atoms with Crippen LogP contribution in [0.5, 0.6) is 0 Å². The van der Waals surface area contributed by atoms with Crippen LogP contribution in [0.1, 0.15) is 24.0 Å². The number of hydrogen-bond acceptors (Lipinski definition) is 4. The quantitative estimate of drug-likeness (QED) is 0.940. The van der Waals surface area contributed by atoms with Crippen LogP contribution >= 0.6 is 11.6 Å². The molecule has 5 nitrogen and oxygen atoms in total. The van der Waals surface area contributed by atoms with Crippen LogP contribution < -0.4 is 5.32 Å². The minimum Gasteiger partial charge on any atom is -0.366 e. The molecule has 2 aromatic rings. The number of nitrogens with zero attached hydrogens (tertiary/aromatic N) is 4. The first-order valence-electron chi connectivity index (χ1n) is 6.34. The molecule has 2 rings (SSSR count). The van der Waals surface area contributed by atoms with E-state index in [0.717, 1.165) is 17.9 Å². The highest BCUT2D eigenvalue weighted by Gasteiger charge is 2.09. The van der Waals surface area contributed by atoms with Gasteiger partial charge in [-0.25, -0.2) is 4.98 Å². The monoisotopic (exact) mass is 289 g/mol. The second-order valence-corrected chi connectivity index (χ2v) is 5.20. The summed E-state index contributed by atoms with van der Waals surface area (Å²) in [5.41, 5.74) is 2.36. The summed E-state index contributed by atoms with van der Waals surface area (Å²) in [4.78, 5) is 4.17. The van der Waals surface area contributed by atoms with E-state index in [4.69, 9.17) is 16.9 Å². The maximum atomic E-state index is 8.91. The first-order chi connectivity index (χ1) is 9.49. The molecule has 0 saturated carbocycles. The van der Waals surface area contributed by atoms with Gasteiger partial charge in [-0.1, -0.05) is 11.6 Å². The molecular weight excluding hydrogens is 274 g/mol. The fraction of sp³-hybridized carbons (Fsp3) is 0.357. The normalized spacial score (nSPS) is 11.9. The predicted octanol–water partition coefficient (Wildman–Crippen LogP) is 2.92. The van der Waals surface area contributed by atoms with E-state index in [-0.39, 0.29) is 11.7 Å². The Morgan fingerprint density at radius 1 is 1.45 bits per heavy atom. The van der Waals surface area contributed by atoms with Crippen molar-refractivity contribution >= 4 is 17.4 Å². The van der Waals surface area contributed by atoms with Gasteiger partial charge in [0.2, 0.25) is 0 Å². The van der Waals surface area contributed by atoms with Crippen LogP contribution in [0.3, 0.4) is 0 Å². The van der Waals surface area contributed by atoms with Crippen molar-refractivity contribution in [3.05, 3.63) is 40.3 Å². The molecule has 2 heterocycles. The summed E-state index contributed by atoms with van der Waals surface area (Å²) < 4.78 is 1.95. The SMILES string of the molecule is Cc1cc(C)n(CC(C)Nc2ccc(Cl)c(C#N)n2)n1. The molecule has 0 aliphatic heterocycles. The van der Waals surface area contributed by atoms with Crippen LogP contribution in [0.4, 0.5) is 5.82 Å². The van der Waals surface area contributed by atoms with E-state index in [1.54, 1.807) is 12.1 Å². The summed E-state index contributed by atoms with van der Waals surface area (Å²) in [7, 11) is 0. The average Bonchev–Trinajstić information content (AvgIpc) is 2.70. The van der Waals surface area contributed by atoms with Gasteiger partial charge in [0.1, 0.15) is 11.9 Å². The number of hydrogen-bond donors (Lipinski definition) is 1.